The zero-order valence-corrected chi connectivity index (χ0v) is 7.51. The van der Waals surface area contributed by atoms with Crippen LogP contribution in [0.5, 0.6) is 0 Å². The van der Waals surface area contributed by atoms with Crippen molar-refractivity contribution in [2.45, 2.75) is 19.5 Å². The van der Waals surface area contributed by atoms with Crippen molar-refractivity contribution in [3.8, 4) is 0 Å². The first-order valence-corrected chi connectivity index (χ1v) is 3.59. The van der Waals surface area contributed by atoms with Gasteiger partial charge in [0, 0.05) is 6.20 Å². The summed E-state index contributed by atoms with van der Waals surface area (Å²) in [5.41, 5.74) is -0.837. The Morgan fingerprint density at radius 2 is 1.83 bits per heavy atom. The van der Waals surface area contributed by atoms with Gasteiger partial charge in [0.25, 0.3) is 0 Å². The Balaban J connectivity index is 0.000000561. The molecule has 0 aliphatic carbocycles. The molecule has 0 aliphatic rings. The third kappa shape index (κ3) is 3.42. The minimum atomic E-state index is -1.32. The first-order chi connectivity index (χ1) is 5.61. The molecule has 3 heteroatoms. The average molecular weight is 173 g/mol. The summed E-state index contributed by atoms with van der Waals surface area (Å²) < 4.78 is 22.6. The van der Waals surface area contributed by atoms with Crippen molar-refractivity contribution >= 4 is 0 Å². The van der Waals surface area contributed by atoms with Crippen LogP contribution in [0, 0.1) is 0 Å². The fourth-order valence-electron chi connectivity index (χ4n) is 0.714. The third-order valence-electron chi connectivity index (χ3n) is 1.27. The highest BCUT2D eigenvalue weighted by atomic mass is 19.1. The van der Waals surface area contributed by atoms with E-state index in [0.717, 1.165) is 0 Å². The molecule has 1 nitrogen and oxygen atoms in total. The summed E-state index contributed by atoms with van der Waals surface area (Å²) >= 11 is 0. The lowest BCUT2D eigenvalue weighted by atomic mass is 10.1. The molecule has 1 aromatic heterocycles. The van der Waals surface area contributed by atoms with E-state index in [-0.39, 0.29) is 0 Å². The summed E-state index contributed by atoms with van der Waals surface area (Å²) in [4.78, 5) is 3.88. The monoisotopic (exact) mass is 173 g/mol. The molecule has 0 unspecified atom stereocenters. The van der Waals surface area contributed by atoms with Gasteiger partial charge < -0.3 is 0 Å². The second kappa shape index (κ2) is 4.80. The van der Waals surface area contributed by atoms with Crippen molar-refractivity contribution in [2.75, 3.05) is 7.18 Å². The quantitative estimate of drug-likeness (QED) is 0.636. The van der Waals surface area contributed by atoms with E-state index in [1.54, 1.807) is 24.4 Å². The first kappa shape index (κ1) is 11.0. The highest BCUT2D eigenvalue weighted by Crippen LogP contribution is 2.20. The van der Waals surface area contributed by atoms with Crippen LogP contribution in [0.15, 0.2) is 24.4 Å². The molecule has 0 radical (unpaired) electrons. The second-order valence-corrected chi connectivity index (χ2v) is 2.69. The van der Waals surface area contributed by atoms with E-state index in [4.69, 9.17) is 0 Å². The first-order valence-electron chi connectivity index (χ1n) is 3.59. The Morgan fingerprint density at radius 1 is 1.25 bits per heavy atom. The second-order valence-electron chi connectivity index (χ2n) is 2.69. The number of aromatic nitrogens is 1. The molecule has 1 rings (SSSR count). The van der Waals surface area contributed by atoms with Crippen LogP contribution in [0.2, 0.25) is 0 Å². The molecule has 0 amide bonds. The fraction of sp³-hybridized carbons (Fsp3) is 0.444. The minimum absolute atomic E-state index is 0.481. The number of rotatable bonds is 1. The molecule has 68 valence electrons. The lowest BCUT2D eigenvalue weighted by molar-refractivity contribution is 0.214. The van der Waals surface area contributed by atoms with Gasteiger partial charge in [0.2, 0.25) is 0 Å². The summed E-state index contributed by atoms with van der Waals surface area (Å²) in [6.07, 6.45) is 1.59. The maximum atomic E-state index is 13.1. The number of hydrogen-bond donors (Lipinski definition) is 0. The van der Waals surface area contributed by atoms with Gasteiger partial charge in [-0.3, -0.25) is 9.37 Å². The van der Waals surface area contributed by atoms with Crippen molar-refractivity contribution in [1.29, 1.82) is 0 Å². The molecule has 1 aromatic rings. The predicted molar refractivity (Wildman–Crippen MR) is 45.4 cm³/mol. The molecule has 0 saturated heterocycles. The average Bonchev–Trinajstić information content (AvgIpc) is 2.08. The van der Waals surface area contributed by atoms with Crippen molar-refractivity contribution in [2.24, 2.45) is 0 Å². The number of alkyl halides is 2. The van der Waals surface area contributed by atoms with Crippen molar-refractivity contribution in [3.63, 3.8) is 0 Å². The van der Waals surface area contributed by atoms with E-state index in [0.29, 0.717) is 12.9 Å². The molecule has 0 aliphatic heterocycles. The molecule has 0 spiro atoms. The number of halogens is 2. The molecule has 0 aromatic carbocycles. The Labute approximate surface area is 71.4 Å². The maximum Gasteiger partial charge on any atom is 0.147 e. The van der Waals surface area contributed by atoms with Gasteiger partial charge in [-0.1, -0.05) is 6.07 Å². The van der Waals surface area contributed by atoms with Crippen LogP contribution in [0.3, 0.4) is 0 Å². The van der Waals surface area contributed by atoms with Crippen molar-refractivity contribution < 1.29 is 8.78 Å². The number of nitrogens with zero attached hydrogens (tertiary/aromatic N) is 1. The van der Waals surface area contributed by atoms with E-state index in [2.05, 4.69) is 4.98 Å². The lowest BCUT2D eigenvalue weighted by Gasteiger charge is -2.11. The Hall–Kier alpha value is -0.990. The van der Waals surface area contributed by atoms with Crippen molar-refractivity contribution in [3.05, 3.63) is 30.1 Å². The van der Waals surface area contributed by atoms with Gasteiger partial charge in [-0.05, 0) is 26.0 Å². The van der Waals surface area contributed by atoms with Crippen LogP contribution in [0.1, 0.15) is 19.5 Å². The van der Waals surface area contributed by atoms with Crippen LogP contribution < -0.4 is 0 Å². The summed E-state index contributed by atoms with van der Waals surface area (Å²) in [5, 5.41) is 0. The van der Waals surface area contributed by atoms with Crippen LogP contribution in [-0.2, 0) is 5.67 Å². The molecule has 1 heterocycles. The van der Waals surface area contributed by atoms with Gasteiger partial charge in [0.05, 0.1) is 12.9 Å². The Kier molecular flexibility index (Phi) is 4.40. The van der Waals surface area contributed by atoms with Gasteiger partial charge in [0.15, 0.2) is 0 Å². The summed E-state index contributed by atoms with van der Waals surface area (Å²) in [7, 11) is 0.500. The largest absolute Gasteiger partial charge is 0.258 e. The summed E-state index contributed by atoms with van der Waals surface area (Å²) in [6, 6.07) is 5.24. The Bertz CT molecular complexity index is 204. The standard InChI is InChI=1S/C8H10FN.CH3F/c1-8(2,9)7-5-3-4-6-10-7;1-2/h3-6H,1-2H3;1H3. The van der Waals surface area contributed by atoms with E-state index >= 15 is 0 Å². The van der Waals surface area contributed by atoms with Crippen LogP contribution in [0.25, 0.3) is 0 Å². The third-order valence-corrected chi connectivity index (χ3v) is 1.27. The van der Waals surface area contributed by atoms with Crippen LogP contribution in [0.4, 0.5) is 8.78 Å². The smallest absolute Gasteiger partial charge is 0.147 e. The molecule has 0 N–H and O–H groups in total. The topological polar surface area (TPSA) is 12.9 Å². The summed E-state index contributed by atoms with van der Waals surface area (Å²) in [6.45, 7) is 2.99. The van der Waals surface area contributed by atoms with E-state index in [1.807, 2.05) is 0 Å². The molecular formula is C9H13F2N. The molecule has 0 fully saturated rings. The molecule has 0 saturated carbocycles. The molecule has 0 atom stereocenters. The normalized spacial score (nSPS) is 10.1. The maximum absolute atomic E-state index is 13.1. The molecule has 12 heavy (non-hydrogen) atoms. The predicted octanol–water partition coefficient (Wildman–Crippen LogP) is 2.87. The highest BCUT2D eigenvalue weighted by molar-refractivity contribution is 5.10. The van der Waals surface area contributed by atoms with Crippen LogP contribution in [-0.4, -0.2) is 12.2 Å². The van der Waals surface area contributed by atoms with Gasteiger partial charge in [-0.15, -0.1) is 0 Å². The highest BCUT2D eigenvalue weighted by Gasteiger charge is 2.18. The van der Waals surface area contributed by atoms with Crippen molar-refractivity contribution in [1.82, 2.24) is 4.98 Å². The SMILES string of the molecule is CC(C)(F)c1ccccn1.CF. The zero-order chi connectivity index (χ0) is 9.61. The van der Waals surface area contributed by atoms with Crippen LogP contribution >= 0.6 is 0 Å². The van der Waals surface area contributed by atoms with Gasteiger partial charge in [-0.2, -0.15) is 0 Å². The zero-order valence-electron chi connectivity index (χ0n) is 7.51. The number of hydrogen-bond acceptors (Lipinski definition) is 1. The summed E-state index contributed by atoms with van der Waals surface area (Å²) in [5.74, 6) is 0. The van der Waals surface area contributed by atoms with E-state index in [9.17, 15) is 8.78 Å². The fourth-order valence-corrected chi connectivity index (χ4v) is 0.714. The van der Waals surface area contributed by atoms with Gasteiger partial charge in [-0.25, -0.2) is 4.39 Å². The minimum Gasteiger partial charge on any atom is -0.258 e. The van der Waals surface area contributed by atoms with Gasteiger partial charge in [0.1, 0.15) is 5.67 Å². The van der Waals surface area contributed by atoms with E-state index in [1.165, 1.54) is 13.8 Å². The lowest BCUT2D eigenvalue weighted by Crippen LogP contribution is -2.10. The molecule has 0 bridgehead atoms. The van der Waals surface area contributed by atoms with E-state index < -0.39 is 5.67 Å². The molecular weight excluding hydrogens is 160 g/mol. The number of pyridine rings is 1. The van der Waals surface area contributed by atoms with Gasteiger partial charge >= 0.3 is 0 Å². The Morgan fingerprint density at radius 3 is 2.08 bits per heavy atom.